The molecule has 1 saturated heterocycles. The third kappa shape index (κ3) is 3.97. The lowest BCUT2D eigenvalue weighted by Gasteiger charge is -2.34. The third-order valence-electron chi connectivity index (χ3n) is 5.56. The second-order valence-corrected chi connectivity index (χ2v) is 7.67. The van der Waals surface area contributed by atoms with Crippen LogP contribution < -0.4 is 10.2 Å². The van der Waals surface area contributed by atoms with Crippen LogP contribution in [0.5, 0.6) is 0 Å². The molecule has 8 heteroatoms. The smallest absolute Gasteiger partial charge is 0.258 e. The van der Waals surface area contributed by atoms with Gasteiger partial charge in [-0.05, 0) is 49.5 Å². The number of aromatic amines is 1. The number of amides is 1. The third-order valence-corrected chi connectivity index (χ3v) is 5.56. The largest absolute Gasteiger partial charge is 0.369 e. The van der Waals surface area contributed by atoms with E-state index in [1.807, 2.05) is 0 Å². The van der Waals surface area contributed by atoms with Crippen LogP contribution >= 0.6 is 0 Å². The van der Waals surface area contributed by atoms with Crippen LogP contribution in [0.2, 0.25) is 0 Å². The second-order valence-electron chi connectivity index (χ2n) is 7.67. The molecule has 4 heterocycles. The number of H-pyrrole nitrogens is 1. The molecule has 5 rings (SSSR count). The van der Waals surface area contributed by atoms with Crippen molar-refractivity contribution >= 4 is 28.4 Å². The molecule has 0 bridgehead atoms. The zero-order valence-corrected chi connectivity index (χ0v) is 17.2. The van der Waals surface area contributed by atoms with Gasteiger partial charge in [-0.15, -0.1) is 0 Å². The van der Waals surface area contributed by atoms with Crippen molar-refractivity contribution in [3.63, 3.8) is 0 Å². The molecule has 31 heavy (non-hydrogen) atoms. The molecular formula is C23H23N7O. The molecule has 1 aromatic carbocycles. The lowest BCUT2D eigenvalue weighted by molar-refractivity contribution is 0.102. The molecule has 156 valence electrons. The predicted octanol–water partition coefficient (Wildman–Crippen LogP) is 3.02. The topological polar surface area (TPSA) is 90.0 Å². The Balaban J connectivity index is 1.40. The molecule has 1 aliphatic rings. The summed E-state index contributed by atoms with van der Waals surface area (Å²) in [6.07, 6.45) is 4.88. The van der Waals surface area contributed by atoms with Gasteiger partial charge in [0.05, 0.1) is 17.4 Å². The minimum absolute atomic E-state index is 0.246. The van der Waals surface area contributed by atoms with Gasteiger partial charge in [0.2, 0.25) is 0 Å². The fraction of sp³-hybridized carbons (Fsp3) is 0.217. The number of anilines is 2. The van der Waals surface area contributed by atoms with Crippen molar-refractivity contribution in [2.45, 2.75) is 0 Å². The number of nitrogens with zero attached hydrogens (tertiary/aromatic N) is 5. The van der Waals surface area contributed by atoms with E-state index in [1.165, 1.54) is 5.69 Å². The van der Waals surface area contributed by atoms with Gasteiger partial charge in [-0.3, -0.25) is 9.78 Å². The Bertz CT molecular complexity index is 1200. The Labute approximate surface area is 180 Å². The summed E-state index contributed by atoms with van der Waals surface area (Å²) in [7, 11) is 2.15. The molecule has 0 spiro atoms. The number of aromatic nitrogens is 4. The number of fused-ring (bicyclic) bond motifs is 1. The number of carbonyl (C=O) groups is 1. The lowest BCUT2D eigenvalue weighted by Crippen LogP contribution is -2.44. The Morgan fingerprint density at radius 2 is 1.84 bits per heavy atom. The van der Waals surface area contributed by atoms with Gasteiger partial charge in [0.1, 0.15) is 11.3 Å². The highest BCUT2D eigenvalue weighted by atomic mass is 16.1. The van der Waals surface area contributed by atoms with Crippen LogP contribution in [0.15, 0.2) is 61.1 Å². The standard InChI is InChI=1S/C23H23N7O/c1-29-11-13-30(14-12-29)18-6-4-16(5-7-18)21-27-20-19(8-10-25-22(20)28-21)23(31)26-17-3-2-9-24-15-17/h2-10,15H,11-14H2,1H3,(H,26,31)(H,25,27,28). The van der Waals surface area contributed by atoms with Gasteiger partial charge in [0.15, 0.2) is 5.65 Å². The van der Waals surface area contributed by atoms with E-state index in [0.29, 0.717) is 28.2 Å². The summed E-state index contributed by atoms with van der Waals surface area (Å²) < 4.78 is 0. The van der Waals surface area contributed by atoms with Crippen molar-refractivity contribution in [2.24, 2.45) is 0 Å². The number of hydrogen-bond donors (Lipinski definition) is 2. The molecule has 0 unspecified atom stereocenters. The van der Waals surface area contributed by atoms with Crippen molar-refractivity contribution in [3.8, 4) is 11.4 Å². The first kappa shape index (κ1) is 19.2. The van der Waals surface area contributed by atoms with Gasteiger partial charge in [-0.25, -0.2) is 9.97 Å². The maximum absolute atomic E-state index is 12.8. The van der Waals surface area contributed by atoms with E-state index in [1.54, 1.807) is 36.8 Å². The Morgan fingerprint density at radius 3 is 2.58 bits per heavy atom. The zero-order valence-electron chi connectivity index (χ0n) is 17.2. The molecular weight excluding hydrogens is 390 g/mol. The molecule has 0 radical (unpaired) electrons. The summed E-state index contributed by atoms with van der Waals surface area (Å²) in [5.41, 5.74) is 4.38. The van der Waals surface area contributed by atoms with Gasteiger partial charge in [-0.2, -0.15) is 0 Å². The fourth-order valence-corrected chi connectivity index (χ4v) is 3.76. The van der Waals surface area contributed by atoms with Crippen molar-refractivity contribution in [3.05, 3.63) is 66.6 Å². The Hall–Kier alpha value is -3.78. The molecule has 0 saturated carbocycles. The summed E-state index contributed by atoms with van der Waals surface area (Å²) in [5.74, 6) is 0.443. The molecule has 3 aromatic heterocycles. The number of rotatable bonds is 4. The van der Waals surface area contributed by atoms with Crippen molar-refractivity contribution in [1.82, 2.24) is 24.8 Å². The minimum atomic E-state index is -0.246. The van der Waals surface area contributed by atoms with Gasteiger partial charge < -0.3 is 20.1 Å². The van der Waals surface area contributed by atoms with Crippen LogP contribution in [0.25, 0.3) is 22.6 Å². The van der Waals surface area contributed by atoms with Crippen LogP contribution in [-0.2, 0) is 0 Å². The Morgan fingerprint density at radius 1 is 1.03 bits per heavy atom. The van der Waals surface area contributed by atoms with E-state index in [2.05, 4.69) is 66.4 Å². The highest BCUT2D eigenvalue weighted by molar-refractivity contribution is 6.11. The molecule has 1 amide bonds. The number of piperazine rings is 1. The van der Waals surface area contributed by atoms with E-state index in [0.717, 1.165) is 31.7 Å². The number of carbonyl (C=O) groups excluding carboxylic acids is 1. The first-order chi connectivity index (χ1) is 15.2. The predicted molar refractivity (Wildman–Crippen MR) is 121 cm³/mol. The maximum Gasteiger partial charge on any atom is 0.258 e. The molecule has 8 nitrogen and oxygen atoms in total. The second kappa shape index (κ2) is 8.16. The average molecular weight is 413 g/mol. The molecule has 1 fully saturated rings. The normalized spacial score (nSPS) is 14.7. The first-order valence-corrected chi connectivity index (χ1v) is 10.3. The molecule has 0 aliphatic carbocycles. The molecule has 2 N–H and O–H groups in total. The van der Waals surface area contributed by atoms with E-state index < -0.39 is 0 Å². The van der Waals surface area contributed by atoms with E-state index >= 15 is 0 Å². The monoisotopic (exact) mass is 413 g/mol. The lowest BCUT2D eigenvalue weighted by atomic mass is 10.1. The fourth-order valence-electron chi connectivity index (χ4n) is 3.76. The Kier molecular flexibility index (Phi) is 5.05. The van der Waals surface area contributed by atoms with Crippen molar-refractivity contribution in [1.29, 1.82) is 0 Å². The molecule has 0 atom stereocenters. The van der Waals surface area contributed by atoms with Crippen molar-refractivity contribution in [2.75, 3.05) is 43.4 Å². The molecule has 4 aromatic rings. The quantitative estimate of drug-likeness (QED) is 0.535. The highest BCUT2D eigenvalue weighted by Crippen LogP contribution is 2.25. The van der Waals surface area contributed by atoms with Crippen LogP contribution in [0, 0.1) is 0 Å². The number of pyridine rings is 2. The van der Waals surface area contributed by atoms with Gasteiger partial charge in [0, 0.05) is 49.8 Å². The average Bonchev–Trinajstić information content (AvgIpc) is 3.25. The molecule has 1 aliphatic heterocycles. The number of hydrogen-bond acceptors (Lipinski definition) is 6. The SMILES string of the molecule is CN1CCN(c2ccc(-c3nc4c(C(=O)Nc5cccnc5)ccnc4[nH]3)cc2)CC1. The van der Waals surface area contributed by atoms with E-state index in [9.17, 15) is 4.79 Å². The summed E-state index contributed by atoms with van der Waals surface area (Å²) in [6.45, 7) is 4.20. The number of nitrogens with one attached hydrogen (secondary N) is 2. The summed E-state index contributed by atoms with van der Waals surface area (Å²) in [5, 5.41) is 2.85. The summed E-state index contributed by atoms with van der Waals surface area (Å²) in [4.78, 5) is 33.8. The van der Waals surface area contributed by atoms with Crippen LogP contribution in [0.3, 0.4) is 0 Å². The number of likely N-dealkylation sites (N-methyl/N-ethyl adjacent to an activating group) is 1. The van der Waals surface area contributed by atoms with Crippen LogP contribution in [0.1, 0.15) is 10.4 Å². The summed E-state index contributed by atoms with van der Waals surface area (Å²) >= 11 is 0. The van der Waals surface area contributed by atoms with Crippen LogP contribution in [-0.4, -0.2) is 64.0 Å². The number of imidazole rings is 1. The highest BCUT2D eigenvalue weighted by Gasteiger charge is 2.17. The van der Waals surface area contributed by atoms with Gasteiger partial charge in [-0.1, -0.05) is 0 Å². The number of benzene rings is 1. The zero-order chi connectivity index (χ0) is 21.2. The van der Waals surface area contributed by atoms with Gasteiger partial charge in [0.25, 0.3) is 5.91 Å². The van der Waals surface area contributed by atoms with E-state index in [-0.39, 0.29) is 5.91 Å². The summed E-state index contributed by atoms with van der Waals surface area (Å²) in [6, 6.07) is 13.6. The minimum Gasteiger partial charge on any atom is -0.369 e. The van der Waals surface area contributed by atoms with Gasteiger partial charge >= 0.3 is 0 Å². The van der Waals surface area contributed by atoms with Crippen LogP contribution in [0.4, 0.5) is 11.4 Å². The first-order valence-electron chi connectivity index (χ1n) is 10.3. The van der Waals surface area contributed by atoms with Crippen molar-refractivity contribution < 1.29 is 4.79 Å². The van der Waals surface area contributed by atoms with E-state index in [4.69, 9.17) is 0 Å². The maximum atomic E-state index is 12.8.